The number of carbonyl (C=O) groups excluding carboxylic acids is 1. The summed E-state index contributed by atoms with van der Waals surface area (Å²) in [6.07, 6.45) is 6.13. The highest BCUT2D eigenvalue weighted by atomic mass is 16.1. The van der Waals surface area contributed by atoms with Crippen LogP contribution in [0.3, 0.4) is 0 Å². The fourth-order valence-electron chi connectivity index (χ4n) is 2.68. The minimum atomic E-state index is -0.0199. The Kier molecular flexibility index (Phi) is 4.67. The maximum atomic E-state index is 12.2. The van der Waals surface area contributed by atoms with Gasteiger partial charge in [-0.2, -0.15) is 4.57 Å². The van der Waals surface area contributed by atoms with Crippen LogP contribution in [-0.2, 0) is 17.8 Å². The van der Waals surface area contributed by atoms with Gasteiger partial charge in [0, 0.05) is 17.8 Å². The fourth-order valence-corrected chi connectivity index (χ4v) is 2.68. The lowest BCUT2D eigenvalue weighted by molar-refractivity contribution is -0.684. The minimum absolute atomic E-state index is 0.0199. The monoisotopic (exact) mass is 305 g/mol. The second-order valence-corrected chi connectivity index (χ2v) is 5.74. The standard InChI is InChI=1S/C20H20N2O/c1-2-5-16-10-12-22(13-11-16)15-20(23)21-19-9-8-17-6-3-4-7-18(17)14-19/h3-4,6-14H,2,5,15H2,1H3/p+1. The van der Waals surface area contributed by atoms with E-state index in [2.05, 4.69) is 30.4 Å². The average molecular weight is 305 g/mol. The molecule has 0 unspecified atom stereocenters. The predicted octanol–water partition coefficient (Wildman–Crippen LogP) is 3.72. The van der Waals surface area contributed by atoms with Gasteiger partial charge in [-0.1, -0.05) is 43.7 Å². The first kappa shape index (κ1) is 15.2. The van der Waals surface area contributed by atoms with Gasteiger partial charge < -0.3 is 5.32 Å². The number of aromatic nitrogens is 1. The molecular formula is C20H21N2O+. The van der Waals surface area contributed by atoms with Crippen molar-refractivity contribution in [1.29, 1.82) is 0 Å². The lowest BCUT2D eigenvalue weighted by Crippen LogP contribution is -2.39. The highest BCUT2D eigenvalue weighted by Gasteiger charge is 2.09. The van der Waals surface area contributed by atoms with Gasteiger partial charge in [0.05, 0.1) is 0 Å². The number of aryl methyl sites for hydroxylation is 1. The lowest BCUT2D eigenvalue weighted by Gasteiger charge is -2.05. The molecule has 0 saturated heterocycles. The van der Waals surface area contributed by atoms with E-state index in [0.29, 0.717) is 6.54 Å². The van der Waals surface area contributed by atoms with Gasteiger partial charge in [0.2, 0.25) is 6.54 Å². The molecule has 116 valence electrons. The van der Waals surface area contributed by atoms with E-state index in [4.69, 9.17) is 0 Å². The summed E-state index contributed by atoms with van der Waals surface area (Å²) >= 11 is 0. The first-order chi connectivity index (χ1) is 11.2. The van der Waals surface area contributed by atoms with Gasteiger partial charge in [0.1, 0.15) is 0 Å². The summed E-state index contributed by atoms with van der Waals surface area (Å²) in [6, 6.07) is 18.2. The number of fused-ring (bicyclic) bond motifs is 1. The van der Waals surface area contributed by atoms with E-state index in [1.165, 1.54) is 10.9 Å². The number of nitrogens with one attached hydrogen (secondary N) is 1. The molecule has 0 saturated carbocycles. The van der Waals surface area contributed by atoms with E-state index in [-0.39, 0.29) is 5.91 Å². The van der Waals surface area contributed by atoms with Crippen LogP contribution in [0.4, 0.5) is 5.69 Å². The molecule has 1 amide bonds. The minimum Gasteiger partial charge on any atom is -0.321 e. The highest BCUT2D eigenvalue weighted by molar-refractivity contribution is 5.93. The molecule has 0 aliphatic rings. The van der Waals surface area contributed by atoms with Crippen LogP contribution in [0.5, 0.6) is 0 Å². The molecule has 0 radical (unpaired) electrons. The highest BCUT2D eigenvalue weighted by Crippen LogP contribution is 2.18. The second kappa shape index (κ2) is 7.05. The number of rotatable bonds is 5. The van der Waals surface area contributed by atoms with Gasteiger partial charge in [-0.05, 0) is 34.9 Å². The van der Waals surface area contributed by atoms with E-state index in [1.54, 1.807) is 0 Å². The summed E-state index contributed by atoms with van der Waals surface area (Å²) in [5.41, 5.74) is 2.13. The molecule has 0 spiro atoms. The van der Waals surface area contributed by atoms with Crippen molar-refractivity contribution in [3.05, 3.63) is 72.6 Å². The van der Waals surface area contributed by atoms with Crippen LogP contribution in [0.15, 0.2) is 67.0 Å². The number of nitrogens with zero attached hydrogens (tertiary/aromatic N) is 1. The largest absolute Gasteiger partial charge is 0.321 e. The first-order valence-corrected chi connectivity index (χ1v) is 8.01. The predicted molar refractivity (Wildman–Crippen MR) is 93.2 cm³/mol. The van der Waals surface area contributed by atoms with Gasteiger partial charge in [-0.3, -0.25) is 4.79 Å². The van der Waals surface area contributed by atoms with Crippen molar-refractivity contribution >= 4 is 22.4 Å². The topological polar surface area (TPSA) is 33.0 Å². The third-order valence-electron chi connectivity index (χ3n) is 3.86. The van der Waals surface area contributed by atoms with Crippen LogP contribution in [0.2, 0.25) is 0 Å². The normalized spacial score (nSPS) is 10.7. The Labute approximate surface area is 136 Å². The molecule has 1 aromatic heterocycles. The van der Waals surface area contributed by atoms with Crippen molar-refractivity contribution in [2.24, 2.45) is 0 Å². The summed E-state index contributed by atoms with van der Waals surface area (Å²) in [7, 11) is 0. The molecule has 2 aromatic carbocycles. The summed E-state index contributed by atoms with van der Waals surface area (Å²) in [4.78, 5) is 12.2. The number of amides is 1. The van der Waals surface area contributed by atoms with E-state index in [9.17, 15) is 4.79 Å². The lowest BCUT2D eigenvalue weighted by atomic mass is 10.1. The van der Waals surface area contributed by atoms with Gasteiger partial charge in [-0.15, -0.1) is 0 Å². The molecule has 3 rings (SSSR count). The molecule has 0 aliphatic carbocycles. The van der Waals surface area contributed by atoms with Crippen molar-refractivity contribution in [2.75, 3.05) is 5.32 Å². The summed E-state index contributed by atoms with van der Waals surface area (Å²) < 4.78 is 1.90. The molecule has 3 nitrogen and oxygen atoms in total. The number of anilines is 1. The number of pyridine rings is 1. The van der Waals surface area contributed by atoms with Gasteiger partial charge in [-0.25, -0.2) is 0 Å². The molecule has 1 N–H and O–H groups in total. The molecule has 0 bridgehead atoms. The number of hydrogen-bond acceptors (Lipinski definition) is 1. The van der Waals surface area contributed by atoms with E-state index in [1.807, 2.05) is 53.4 Å². The molecule has 1 heterocycles. The smallest absolute Gasteiger partial charge is 0.290 e. The van der Waals surface area contributed by atoms with Crippen molar-refractivity contribution in [3.8, 4) is 0 Å². The van der Waals surface area contributed by atoms with Crippen LogP contribution in [0.25, 0.3) is 10.8 Å². The Hall–Kier alpha value is -2.68. The molecule has 0 atom stereocenters. The van der Waals surface area contributed by atoms with Crippen LogP contribution in [0.1, 0.15) is 18.9 Å². The Morgan fingerprint density at radius 1 is 1.00 bits per heavy atom. The van der Waals surface area contributed by atoms with Crippen LogP contribution in [-0.4, -0.2) is 5.91 Å². The van der Waals surface area contributed by atoms with E-state index < -0.39 is 0 Å². The Bertz CT molecular complexity index is 809. The molecule has 3 heteroatoms. The fraction of sp³-hybridized carbons (Fsp3) is 0.200. The maximum Gasteiger partial charge on any atom is 0.290 e. The molecule has 0 fully saturated rings. The van der Waals surface area contributed by atoms with Crippen LogP contribution < -0.4 is 9.88 Å². The van der Waals surface area contributed by atoms with E-state index >= 15 is 0 Å². The zero-order valence-corrected chi connectivity index (χ0v) is 13.3. The Morgan fingerprint density at radius 2 is 1.74 bits per heavy atom. The quantitative estimate of drug-likeness (QED) is 0.716. The SMILES string of the molecule is CCCc1cc[n+](CC(=O)Nc2ccc3ccccc3c2)cc1. The third kappa shape index (κ3) is 3.95. The van der Waals surface area contributed by atoms with Crippen LogP contribution in [0, 0.1) is 0 Å². The zero-order chi connectivity index (χ0) is 16.1. The average Bonchev–Trinajstić information content (AvgIpc) is 2.57. The maximum absolute atomic E-state index is 12.2. The number of benzene rings is 2. The van der Waals surface area contributed by atoms with Crippen molar-refractivity contribution in [2.45, 2.75) is 26.3 Å². The number of carbonyl (C=O) groups is 1. The van der Waals surface area contributed by atoms with E-state index in [0.717, 1.165) is 23.9 Å². The molecule has 23 heavy (non-hydrogen) atoms. The summed E-state index contributed by atoms with van der Waals surface area (Å²) in [6.45, 7) is 2.48. The zero-order valence-electron chi connectivity index (χ0n) is 13.3. The first-order valence-electron chi connectivity index (χ1n) is 8.01. The Balaban J connectivity index is 1.65. The van der Waals surface area contributed by atoms with Crippen molar-refractivity contribution in [3.63, 3.8) is 0 Å². The Morgan fingerprint density at radius 3 is 2.48 bits per heavy atom. The molecular weight excluding hydrogens is 284 g/mol. The molecule has 0 aliphatic heterocycles. The molecule has 3 aromatic rings. The van der Waals surface area contributed by atoms with Crippen LogP contribution >= 0.6 is 0 Å². The second-order valence-electron chi connectivity index (χ2n) is 5.74. The van der Waals surface area contributed by atoms with Gasteiger partial charge in [0.15, 0.2) is 12.4 Å². The summed E-state index contributed by atoms with van der Waals surface area (Å²) in [5, 5.41) is 5.26. The van der Waals surface area contributed by atoms with Gasteiger partial charge in [0.25, 0.3) is 5.91 Å². The van der Waals surface area contributed by atoms with Crippen molar-refractivity contribution < 1.29 is 9.36 Å². The third-order valence-corrected chi connectivity index (χ3v) is 3.86. The number of hydrogen-bond donors (Lipinski definition) is 1. The summed E-state index contributed by atoms with van der Waals surface area (Å²) in [5.74, 6) is -0.0199. The van der Waals surface area contributed by atoms with Crippen molar-refractivity contribution in [1.82, 2.24) is 0 Å². The van der Waals surface area contributed by atoms with Gasteiger partial charge >= 0.3 is 0 Å².